The topological polar surface area (TPSA) is 99.4 Å². The third-order valence-electron chi connectivity index (χ3n) is 5.96. The van der Waals surface area contributed by atoms with Crippen molar-refractivity contribution in [2.45, 2.75) is 61.8 Å². The third-order valence-corrected chi connectivity index (χ3v) is 7.48. The summed E-state index contributed by atoms with van der Waals surface area (Å²) in [5, 5.41) is 42.2. The van der Waals surface area contributed by atoms with Gasteiger partial charge in [-0.25, -0.2) is 0 Å². The summed E-state index contributed by atoms with van der Waals surface area (Å²) in [6.07, 6.45) is 4.17. The minimum Gasteiger partial charge on any atom is -0.392 e. The van der Waals surface area contributed by atoms with E-state index in [1.165, 1.54) is 0 Å². The minimum atomic E-state index is -1.54. The lowest BCUT2D eigenvalue weighted by molar-refractivity contribution is -0.216. The summed E-state index contributed by atoms with van der Waals surface area (Å²) in [5.41, 5.74) is 3.82. The maximum absolute atomic E-state index is 11.2. The Hall–Kier alpha value is -0.810. The predicted molar refractivity (Wildman–Crippen MR) is 122 cm³/mol. The Morgan fingerprint density at radius 3 is 2.50 bits per heavy atom. The Balaban J connectivity index is 1.99. The average molecular weight is 530 g/mol. The number of fused-ring (bicyclic) bond motifs is 4. The van der Waals surface area contributed by atoms with E-state index < -0.39 is 23.6 Å². The van der Waals surface area contributed by atoms with Gasteiger partial charge in [-0.3, -0.25) is 0 Å². The largest absolute Gasteiger partial charge is 0.392 e. The number of alkyl halides is 1. The molecule has 0 saturated carbocycles. The van der Waals surface area contributed by atoms with Gasteiger partial charge in [0, 0.05) is 9.49 Å². The molecule has 0 radical (unpaired) electrons. The van der Waals surface area contributed by atoms with Crippen LogP contribution in [0.5, 0.6) is 0 Å². The lowest BCUT2D eigenvalue weighted by Crippen LogP contribution is -2.47. The highest BCUT2D eigenvalue weighted by molar-refractivity contribution is 14.1. The molecule has 1 heterocycles. The number of allylic oxidation sites excluding steroid dienone is 2. The molecule has 0 fully saturated rings. The number of benzene rings is 1. The molecule has 3 rings (SSSR count). The average Bonchev–Trinajstić information content (AvgIpc) is 2.67. The van der Waals surface area contributed by atoms with Crippen LogP contribution in [-0.4, -0.2) is 49.5 Å². The molecule has 1 aromatic rings. The Morgan fingerprint density at radius 2 is 1.83 bits per heavy atom. The Bertz CT molecular complexity index is 827. The highest BCUT2D eigenvalue weighted by atomic mass is 127. The second kappa shape index (κ2) is 9.36. The molecule has 1 aliphatic carbocycles. The van der Waals surface area contributed by atoms with Crippen molar-refractivity contribution >= 4 is 22.6 Å². The summed E-state index contributed by atoms with van der Waals surface area (Å²) < 4.78 is 11.7. The second-order valence-corrected chi connectivity index (χ2v) is 9.69. The molecule has 2 aliphatic rings. The van der Waals surface area contributed by atoms with Crippen molar-refractivity contribution in [3.63, 3.8) is 0 Å². The van der Waals surface area contributed by atoms with E-state index in [9.17, 15) is 20.4 Å². The van der Waals surface area contributed by atoms with Gasteiger partial charge in [-0.05, 0) is 50.3 Å². The fourth-order valence-electron chi connectivity index (χ4n) is 4.24. The first-order valence-electron chi connectivity index (χ1n) is 10.3. The number of aliphatic hydroxyl groups is 4. The SMILES string of the molecule is C[C@H](O)C1=CC=C2CCOC(C)(O)c3cc(ccc3CO)CCOC(C)(O)C1C2I. The lowest BCUT2D eigenvalue weighted by Gasteiger charge is -2.41. The van der Waals surface area contributed by atoms with Gasteiger partial charge in [0.05, 0.1) is 31.8 Å². The van der Waals surface area contributed by atoms with Crippen molar-refractivity contribution in [1.82, 2.24) is 0 Å². The van der Waals surface area contributed by atoms with Gasteiger partial charge in [0.15, 0.2) is 11.6 Å². The monoisotopic (exact) mass is 530 g/mol. The van der Waals surface area contributed by atoms with Gasteiger partial charge < -0.3 is 29.9 Å². The number of halogens is 1. The number of ether oxygens (including phenoxy) is 2. The van der Waals surface area contributed by atoms with E-state index in [1.807, 2.05) is 24.3 Å². The second-order valence-electron chi connectivity index (χ2n) is 8.35. The molecular formula is C23H31IO6. The molecule has 5 atom stereocenters. The molecule has 4 unspecified atom stereocenters. The van der Waals surface area contributed by atoms with Gasteiger partial charge in [0.25, 0.3) is 0 Å². The van der Waals surface area contributed by atoms with E-state index in [0.717, 1.165) is 16.7 Å². The quantitative estimate of drug-likeness (QED) is 0.347. The Kier molecular flexibility index (Phi) is 7.44. The first kappa shape index (κ1) is 23.8. The summed E-state index contributed by atoms with van der Waals surface area (Å²) in [4.78, 5) is 0. The molecule has 1 aromatic carbocycles. The van der Waals surface area contributed by atoms with E-state index in [1.54, 1.807) is 26.8 Å². The van der Waals surface area contributed by atoms with Crippen LogP contribution in [0.1, 0.15) is 43.9 Å². The summed E-state index contributed by atoms with van der Waals surface area (Å²) in [6.45, 7) is 5.26. The van der Waals surface area contributed by atoms with Crippen molar-refractivity contribution in [2.24, 2.45) is 5.92 Å². The van der Waals surface area contributed by atoms with Crippen LogP contribution in [0.4, 0.5) is 0 Å². The number of rotatable bonds is 2. The molecule has 0 aromatic heterocycles. The van der Waals surface area contributed by atoms with E-state index in [2.05, 4.69) is 22.6 Å². The minimum absolute atomic E-state index is 0.102. The Morgan fingerprint density at radius 1 is 1.13 bits per heavy atom. The summed E-state index contributed by atoms with van der Waals surface area (Å²) in [6, 6.07) is 5.47. The summed E-state index contributed by atoms with van der Waals surface area (Å²) >= 11 is 2.28. The maximum Gasteiger partial charge on any atom is 0.189 e. The summed E-state index contributed by atoms with van der Waals surface area (Å²) in [5.74, 6) is -3.41. The smallest absolute Gasteiger partial charge is 0.189 e. The van der Waals surface area contributed by atoms with Crippen LogP contribution in [0.25, 0.3) is 0 Å². The van der Waals surface area contributed by atoms with Crippen LogP contribution >= 0.6 is 22.6 Å². The maximum atomic E-state index is 11.2. The fraction of sp³-hybridized carbons (Fsp3) is 0.565. The van der Waals surface area contributed by atoms with Crippen molar-refractivity contribution in [1.29, 1.82) is 0 Å². The lowest BCUT2D eigenvalue weighted by atomic mass is 9.78. The Labute approximate surface area is 191 Å². The molecule has 6 nitrogen and oxygen atoms in total. The van der Waals surface area contributed by atoms with Gasteiger partial charge in [-0.1, -0.05) is 58.5 Å². The summed E-state index contributed by atoms with van der Waals surface area (Å²) in [7, 11) is 0. The molecule has 30 heavy (non-hydrogen) atoms. The zero-order chi connectivity index (χ0) is 22.1. The van der Waals surface area contributed by atoms with E-state index in [-0.39, 0.29) is 23.7 Å². The fourth-order valence-corrected chi connectivity index (χ4v) is 5.84. The van der Waals surface area contributed by atoms with E-state index in [0.29, 0.717) is 24.0 Å². The third kappa shape index (κ3) is 4.98. The van der Waals surface area contributed by atoms with Crippen LogP contribution in [-0.2, 0) is 28.3 Å². The molecule has 166 valence electrons. The molecule has 0 spiro atoms. The van der Waals surface area contributed by atoms with Crippen LogP contribution in [0.15, 0.2) is 41.5 Å². The van der Waals surface area contributed by atoms with Crippen LogP contribution < -0.4 is 0 Å². The van der Waals surface area contributed by atoms with E-state index in [4.69, 9.17) is 9.47 Å². The standard InChI is InChI=1S/C23H31IO6/c1-14(26)18-7-6-16-9-11-29-22(2,27)19-12-15(4-5-17(19)13-25)8-10-30-23(3,28)20(18)21(16)24/h4-7,12,14,20-21,25-28H,8-11,13H2,1-3H3/t14-,20?,21?,22?,23?/m0/s1. The van der Waals surface area contributed by atoms with Gasteiger partial charge in [-0.2, -0.15) is 0 Å². The first-order valence-corrected chi connectivity index (χ1v) is 11.5. The van der Waals surface area contributed by atoms with Gasteiger partial charge in [0.2, 0.25) is 0 Å². The number of aliphatic hydroxyl groups excluding tert-OH is 2. The van der Waals surface area contributed by atoms with E-state index >= 15 is 0 Å². The molecule has 7 heteroatoms. The first-order chi connectivity index (χ1) is 14.1. The molecular weight excluding hydrogens is 499 g/mol. The molecule has 4 bridgehead atoms. The van der Waals surface area contributed by atoms with Crippen molar-refractivity contribution in [3.8, 4) is 0 Å². The zero-order valence-corrected chi connectivity index (χ0v) is 19.8. The predicted octanol–water partition coefficient (Wildman–Crippen LogP) is 2.70. The van der Waals surface area contributed by atoms with Crippen molar-refractivity contribution in [3.05, 3.63) is 58.2 Å². The molecule has 4 N–H and O–H groups in total. The number of hydrogen-bond donors (Lipinski definition) is 4. The van der Waals surface area contributed by atoms with Crippen LogP contribution in [0.3, 0.4) is 0 Å². The van der Waals surface area contributed by atoms with Gasteiger partial charge in [-0.15, -0.1) is 0 Å². The number of hydrogen-bond acceptors (Lipinski definition) is 6. The van der Waals surface area contributed by atoms with Crippen LogP contribution in [0, 0.1) is 5.92 Å². The molecule has 0 amide bonds. The van der Waals surface area contributed by atoms with Gasteiger partial charge in [0.1, 0.15) is 0 Å². The highest BCUT2D eigenvalue weighted by Crippen LogP contribution is 2.42. The van der Waals surface area contributed by atoms with Crippen LogP contribution in [0.2, 0.25) is 0 Å². The highest BCUT2D eigenvalue weighted by Gasteiger charge is 2.44. The molecule has 0 saturated heterocycles. The zero-order valence-electron chi connectivity index (χ0n) is 17.6. The molecule has 1 aliphatic heterocycles. The van der Waals surface area contributed by atoms with Crippen molar-refractivity contribution in [2.75, 3.05) is 13.2 Å². The van der Waals surface area contributed by atoms with Crippen molar-refractivity contribution < 1.29 is 29.9 Å². The van der Waals surface area contributed by atoms with Gasteiger partial charge >= 0.3 is 0 Å². The normalized spacial score (nSPS) is 33.9.